The van der Waals surface area contributed by atoms with Crippen molar-refractivity contribution < 1.29 is 9.59 Å². The first-order chi connectivity index (χ1) is 9.61. The molecule has 0 aromatic heterocycles. The van der Waals surface area contributed by atoms with E-state index in [9.17, 15) is 9.59 Å². The zero-order chi connectivity index (χ0) is 14.8. The summed E-state index contributed by atoms with van der Waals surface area (Å²) in [6, 6.07) is 8.28. The Balaban J connectivity index is 2.20. The van der Waals surface area contributed by atoms with Gasteiger partial charge in [0, 0.05) is 18.7 Å². The lowest BCUT2D eigenvalue weighted by Gasteiger charge is -2.05. The molecule has 0 aliphatic heterocycles. The highest BCUT2D eigenvalue weighted by molar-refractivity contribution is 5.90. The van der Waals surface area contributed by atoms with E-state index in [0.717, 1.165) is 19.3 Å². The molecule has 1 aromatic rings. The molecule has 0 aliphatic rings. The number of hydrogen-bond acceptors (Lipinski definition) is 3. The molecule has 0 fully saturated rings. The number of primary amides is 1. The molecule has 4 N–H and O–H groups in total. The number of nitriles is 1. The maximum atomic E-state index is 11.7. The van der Waals surface area contributed by atoms with Gasteiger partial charge in [-0.15, -0.1) is 0 Å². The van der Waals surface area contributed by atoms with E-state index >= 15 is 0 Å². The number of unbranched alkanes of at least 4 members (excludes halogenated alkanes) is 2. The third kappa shape index (κ3) is 6.40. The second-order valence-corrected chi connectivity index (χ2v) is 4.34. The first-order valence-corrected chi connectivity index (χ1v) is 6.45. The number of urea groups is 1. The van der Waals surface area contributed by atoms with Gasteiger partial charge in [-0.1, -0.05) is 12.5 Å². The Hall–Kier alpha value is -2.55. The van der Waals surface area contributed by atoms with Crippen LogP contribution in [0.2, 0.25) is 0 Å². The number of rotatable bonds is 7. The van der Waals surface area contributed by atoms with Crippen LogP contribution in [0.1, 0.15) is 31.2 Å². The number of anilines is 1. The Morgan fingerprint density at radius 3 is 2.75 bits per heavy atom. The van der Waals surface area contributed by atoms with Gasteiger partial charge in [-0.2, -0.15) is 5.26 Å². The monoisotopic (exact) mass is 274 g/mol. The van der Waals surface area contributed by atoms with Crippen molar-refractivity contribution in [1.82, 2.24) is 5.32 Å². The van der Waals surface area contributed by atoms with Gasteiger partial charge in [-0.05, 0) is 31.0 Å². The van der Waals surface area contributed by atoms with Crippen LogP contribution < -0.4 is 16.4 Å². The molecule has 0 aliphatic carbocycles. The summed E-state index contributed by atoms with van der Waals surface area (Å²) >= 11 is 0. The Kier molecular flexibility index (Phi) is 6.62. The van der Waals surface area contributed by atoms with Gasteiger partial charge >= 0.3 is 6.03 Å². The van der Waals surface area contributed by atoms with E-state index < -0.39 is 6.03 Å². The average molecular weight is 274 g/mol. The first-order valence-electron chi connectivity index (χ1n) is 6.45. The van der Waals surface area contributed by atoms with Crippen molar-refractivity contribution in [2.45, 2.75) is 25.7 Å². The highest BCUT2D eigenvalue weighted by Gasteiger charge is 2.03. The molecular weight excluding hydrogens is 256 g/mol. The van der Waals surface area contributed by atoms with E-state index in [-0.39, 0.29) is 5.91 Å². The smallest absolute Gasteiger partial charge is 0.312 e. The topological polar surface area (TPSA) is 108 Å². The van der Waals surface area contributed by atoms with Gasteiger partial charge in [-0.25, -0.2) is 4.79 Å². The zero-order valence-corrected chi connectivity index (χ0v) is 11.2. The minimum Gasteiger partial charge on any atom is -0.352 e. The summed E-state index contributed by atoms with van der Waals surface area (Å²) in [5, 5.41) is 14.0. The summed E-state index contributed by atoms with van der Waals surface area (Å²) in [5.74, 6) is -0.0806. The normalized spacial score (nSPS) is 9.55. The maximum Gasteiger partial charge on any atom is 0.312 e. The van der Waals surface area contributed by atoms with Crippen molar-refractivity contribution in [2.24, 2.45) is 5.73 Å². The standard InChI is InChI=1S/C14H18N4O2/c15-10-11-5-4-6-12(9-11)18-13(19)7-2-1-3-8-17-14(16)20/h4-6,9H,1-3,7-8H2,(H,18,19)(H3,16,17,20). The predicted molar refractivity (Wildman–Crippen MR) is 75.8 cm³/mol. The number of carbonyl (C=O) groups is 2. The van der Waals surface area contributed by atoms with Crippen molar-refractivity contribution in [3.8, 4) is 6.07 Å². The molecule has 0 spiro atoms. The molecule has 20 heavy (non-hydrogen) atoms. The van der Waals surface area contributed by atoms with E-state index in [2.05, 4.69) is 10.6 Å². The molecule has 1 aromatic carbocycles. The lowest BCUT2D eigenvalue weighted by molar-refractivity contribution is -0.116. The Morgan fingerprint density at radius 2 is 2.05 bits per heavy atom. The summed E-state index contributed by atoms with van der Waals surface area (Å²) < 4.78 is 0. The van der Waals surface area contributed by atoms with Crippen LogP contribution in [0.15, 0.2) is 24.3 Å². The molecule has 6 heteroatoms. The van der Waals surface area contributed by atoms with Crippen molar-refractivity contribution >= 4 is 17.6 Å². The van der Waals surface area contributed by atoms with Gasteiger partial charge in [0.2, 0.25) is 5.91 Å². The van der Waals surface area contributed by atoms with Gasteiger partial charge < -0.3 is 16.4 Å². The number of nitrogens with one attached hydrogen (secondary N) is 2. The van der Waals surface area contributed by atoms with Crippen LogP contribution in [0.25, 0.3) is 0 Å². The fraction of sp³-hybridized carbons (Fsp3) is 0.357. The third-order valence-electron chi connectivity index (χ3n) is 2.66. The second kappa shape index (κ2) is 8.53. The SMILES string of the molecule is N#Cc1cccc(NC(=O)CCCCCNC(N)=O)c1. The summed E-state index contributed by atoms with van der Waals surface area (Å²) in [5.41, 5.74) is 6.07. The Labute approximate surface area is 118 Å². The van der Waals surface area contributed by atoms with Crippen molar-refractivity contribution in [3.63, 3.8) is 0 Å². The molecule has 3 amide bonds. The lowest BCUT2D eigenvalue weighted by Crippen LogP contribution is -2.29. The number of nitrogens with zero attached hydrogens (tertiary/aromatic N) is 1. The van der Waals surface area contributed by atoms with Crippen molar-refractivity contribution in [2.75, 3.05) is 11.9 Å². The molecule has 0 radical (unpaired) electrons. The molecule has 0 bridgehead atoms. The number of hydrogen-bond donors (Lipinski definition) is 3. The molecule has 1 rings (SSSR count). The number of nitrogens with two attached hydrogens (primary N) is 1. The fourth-order valence-electron chi connectivity index (χ4n) is 1.69. The minimum atomic E-state index is -0.528. The molecule has 0 atom stereocenters. The molecule has 6 nitrogen and oxygen atoms in total. The number of benzene rings is 1. The van der Waals surface area contributed by atoms with Gasteiger partial charge in [0.15, 0.2) is 0 Å². The predicted octanol–water partition coefficient (Wildman–Crippen LogP) is 1.73. The van der Waals surface area contributed by atoms with Crippen LogP contribution in [-0.2, 0) is 4.79 Å². The van der Waals surface area contributed by atoms with Crippen molar-refractivity contribution in [1.29, 1.82) is 5.26 Å². The summed E-state index contributed by atoms with van der Waals surface area (Å²) in [6.45, 7) is 0.529. The van der Waals surface area contributed by atoms with E-state index in [4.69, 9.17) is 11.0 Å². The van der Waals surface area contributed by atoms with Gasteiger partial charge in [0.05, 0.1) is 11.6 Å². The number of amides is 3. The van der Waals surface area contributed by atoms with Crippen LogP contribution in [0, 0.1) is 11.3 Å². The summed E-state index contributed by atoms with van der Waals surface area (Å²) in [7, 11) is 0. The van der Waals surface area contributed by atoms with Crippen molar-refractivity contribution in [3.05, 3.63) is 29.8 Å². The molecule has 0 saturated carbocycles. The maximum absolute atomic E-state index is 11.7. The van der Waals surface area contributed by atoms with Crippen LogP contribution in [-0.4, -0.2) is 18.5 Å². The minimum absolute atomic E-state index is 0.0806. The zero-order valence-electron chi connectivity index (χ0n) is 11.2. The van der Waals surface area contributed by atoms with Gasteiger partial charge in [0.1, 0.15) is 0 Å². The van der Waals surface area contributed by atoms with Crippen LogP contribution >= 0.6 is 0 Å². The Bertz CT molecular complexity index is 508. The fourth-order valence-corrected chi connectivity index (χ4v) is 1.69. The third-order valence-corrected chi connectivity index (χ3v) is 2.66. The van der Waals surface area contributed by atoms with Crippen LogP contribution in [0.5, 0.6) is 0 Å². The Morgan fingerprint density at radius 1 is 1.25 bits per heavy atom. The van der Waals surface area contributed by atoms with E-state index in [1.54, 1.807) is 24.3 Å². The number of carbonyl (C=O) groups excluding carboxylic acids is 2. The van der Waals surface area contributed by atoms with Gasteiger partial charge in [0.25, 0.3) is 0 Å². The van der Waals surface area contributed by atoms with Gasteiger partial charge in [-0.3, -0.25) is 4.79 Å². The molecule has 106 valence electrons. The van der Waals surface area contributed by atoms with E-state index in [1.807, 2.05) is 6.07 Å². The molecule has 0 heterocycles. The van der Waals surface area contributed by atoms with E-state index in [0.29, 0.717) is 24.2 Å². The summed E-state index contributed by atoms with van der Waals surface area (Å²) in [6.07, 6.45) is 2.78. The molecule has 0 saturated heterocycles. The quantitative estimate of drug-likeness (QED) is 0.659. The highest BCUT2D eigenvalue weighted by atomic mass is 16.2. The molecule has 0 unspecified atom stereocenters. The first kappa shape index (κ1) is 15.5. The van der Waals surface area contributed by atoms with E-state index in [1.165, 1.54) is 0 Å². The average Bonchev–Trinajstić information content (AvgIpc) is 2.42. The second-order valence-electron chi connectivity index (χ2n) is 4.34. The van der Waals surface area contributed by atoms with Crippen LogP contribution in [0.4, 0.5) is 10.5 Å². The highest BCUT2D eigenvalue weighted by Crippen LogP contribution is 2.10. The lowest BCUT2D eigenvalue weighted by atomic mass is 10.1. The largest absolute Gasteiger partial charge is 0.352 e. The summed E-state index contributed by atoms with van der Waals surface area (Å²) in [4.78, 5) is 22.1. The molecular formula is C14H18N4O2. The van der Waals surface area contributed by atoms with Crippen LogP contribution in [0.3, 0.4) is 0 Å².